The number of pyridine rings is 1. The lowest BCUT2D eigenvalue weighted by molar-refractivity contribution is 0.0978. The van der Waals surface area contributed by atoms with Gasteiger partial charge in [0, 0.05) is 33.8 Å². The summed E-state index contributed by atoms with van der Waals surface area (Å²) in [5.41, 5.74) is 10.3. The Labute approximate surface area is 190 Å². The highest BCUT2D eigenvalue weighted by atomic mass is 35.5. The largest absolute Gasteiger partial charge is 0.366 e. The molecule has 0 aliphatic carbocycles. The maximum atomic E-state index is 13.9. The number of carbonyl (C=O) groups is 2. The van der Waals surface area contributed by atoms with Crippen molar-refractivity contribution in [2.75, 3.05) is 11.4 Å². The van der Waals surface area contributed by atoms with Crippen LogP contribution in [-0.2, 0) is 6.42 Å². The number of nitrogens with two attached hydrogens (primary N) is 1. The molecule has 2 amide bonds. The Hall–Kier alpha value is -3.70. The Kier molecular flexibility index (Phi) is 5.11. The second-order valence-electron chi connectivity index (χ2n) is 7.78. The Morgan fingerprint density at radius 2 is 1.72 bits per heavy atom. The minimum Gasteiger partial charge on any atom is -0.366 e. The molecule has 0 saturated heterocycles. The maximum absolute atomic E-state index is 13.9. The SMILES string of the molecule is NC(=O)c1cccc2c1CCCN2C(=O)c1cc(-c2ccccc2Cl)nc2ccccc12. The van der Waals surface area contributed by atoms with E-state index >= 15 is 0 Å². The number of primary amides is 1. The standard InChI is InChI=1S/C26H20ClN3O2/c27-21-11-3-1-8-19(21)23-15-20(16-7-2-4-12-22(16)29-23)26(32)30-14-6-10-17-18(25(28)31)9-5-13-24(17)30/h1-5,7-9,11-13,15H,6,10,14H2,(H2,28,31). The minimum atomic E-state index is -0.480. The van der Waals surface area contributed by atoms with E-state index in [0.717, 1.165) is 34.1 Å². The van der Waals surface area contributed by atoms with Crippen LogP contribution in [0.4, 0.5) is 5.69 Å². The molecule has 4 aromatic rings. The molecule has 6 heteroatoms. The lowest BCUT2D eigenvalue weighted by Crippen LogP contribution is -2.36. The fraction of sp³-hybridized carbons (Fsp3) is 0.115. The van der Waals surface area contributed by atoms with E-state index in [-0.39, 0.29) is 5.91 Å². The van der Waals surface area contributed by atoms with Crippen LogP contribution in [0.5, 0.6) is 0 Å². The number of benzene rings is 3. The molecule has 1 aliphatic heterocycles. The Balaban J connectivity index is 1.68. The fourth-order valence-corrected chi connectivity index (χ4v) is 4.60. The van der Waals surface area contributed by atoms with Gasteiger partial charge in [0.2, 0.25) is 5.91 Å². The van der Waals surface area contributed by atoms with Crippen LogP contribution in [0, 0.1) is 0 Å². The zero-order valence-electron chi connectivity index (χ0n) is 17.2. The van der Waals surface area contributed by atoms with Gasteiger partial charge < -0.3 is 10.6 Å². The molecule has 1 aromatic heterocycles. The molecule has 0 unspecified atom stereocenters. The van der Waals surface area contributed by atoms with Crippen LogP contribution in [0.25, 0.3) is 22.2 Å². The second-order valence-corrected chi connectivity index (χ2v) is 8.19. The number of hydrogen-bond acceptors (Lipinski definition) is 3. The molecule has 2 N–H and O–H groups in total. The third kappa shape index (κ3) is 3.41. The van der Waals surface area contributed by atoms with Crippen molar-refractivity contribution in [3.05, 3.63) is 94.5 Å². The number of para-hydroxylation sites is 1. The van der Waals surface area contributed by atoms with Gasteiger partial charge in [-0.25, -0.2) is 4.98 Å². The summed E-state index contributed by atoms with van der Waals surface area (Å²) in [7, 11) is 0. The number of hydrogen-bond donors (Lipinski definition) is 1. The first-order valence-electron chi connectivity index (χ1n) is 10.4. The highest BCUT2D eigenvalue weighted by Gasteiger charge is 2.28. The Morgan fingerprint density at radius 1 is 0.938 bits per heavy atom. The monoisotopic (exact) mass is 441 g/mol. The van der Waals surface area contributed by atoms with Crippen molar-refractivity contribution >= 4 is 40.0 Å². The molecule has 0 radical (unpaired) electrons. The van der Waals surface area contributed by atoms with E-state index in [1.54, 1.807) is 23.1 Å². The first kappa shape index (κ1) is 20.2. The van der Waals surface area contributed by atoms with Gasteiger partial charge in [-0.1, -0.05) is 54.1 Å². The number of aromatic nitrogens is 1. The van der Waals surface area contributed by atoms with Gasteiger partial charge in [0.1, 0.15) is 0 Å². The van der Waals surface area contributed by atoms with Gasteiger partial charge in [-0.15, -0.1) is 0 Å². The summed E-state index contributed by atoms with van der Waals surface area (Å²) in [4.78, 5) is 32.3. The topological polar surface area (TPSA) is 76.3 Å². The Bertz CT molecular complexity index is 1380. The molecule has 158 valence electrons. The highest BCUT2D eigenvalue weighted by Crippen LogP contribution is 2.34. The smallest absolute Gasteiger partial charge is 0.259 e. The third-order valence-corrected chi connectivity index (χ3v) is 6.19. The lowest BCUT2D eigenvalue weighted by Gasteiger charge is -2.31. The van der Waals surface area contributed by atoms with Gasteiger partial charge in [0.15, 0.2) is 0 Å². The van der Waals surface area contributed by atoms with Gasteiger partial charge >= 0.3 is 0 Å². The van der Waals surface area contributed by atoms with Crippen molar-refractivity contribution in [1.82, 2.24) is 4.98 Å². The molecule has 2 heterocycles. The van der Waals surface area contributed by atoms with E-state index in [2.05, 4.69) is 0 Å². The predicted molar refractivity (Wildman–Crippen MR) is 127 cm³/mol. The number of anilines is 1. The van der Waals surface area contributed by atoms with Crippen LogP contribution in [0.3, 0.4) is 0 Å². The molecule has 0 bridgehead atoms. The molecule has 0 atom stereocenters. The molecule has 0 fully saturated rings. The van der Waals surface area contributed by atoms with Gasteiger partial charge in [-0.2, -0.15) is 0 Å². The summed E-state index contributed by atoms with van der Waals surface area (Å²) >= 11 is 6.43. The number of amides is 2. The summed E-state index contributed by atoms with van der Waals surface area (Å²) in [5.74, 6) is -0.619. The molecule has 3 aromatic carbocycles. The zero-order valence-corrected chi connectivity index (χ0v) is 18.0. The van der Waals surface area contributed by atoms with Crippen LogP contribution in [0.2, 0.25) is 5.02 Å². The van der Waals surface area contributed by atoms with Crippen molar-refractivity contribution in [3.8, 4) is 11.3 Å². The van der Waals surface area contributed by atoms with Crippen LogP contribution >= 0.6 is 11.6 Å². The van der Waals surface area contributed by atoms with E-state index in [1.807, 2.05) is 54.6 Å². The second kappa shape index (κ2) is 8.09. The zero-order chi connectivity index (χ0) is 22.2. The first-order chi connectivity index (χ1) is 15.5. The molecule has 5 rings (SSSR count). The number of nitrogens with zero attached hydrogens (tertiary/aromatic N) is 2. The van der Waals surface area contributed by atoms with E-state index < -0.39 is 5.91 Å². The summed E-state index contributed by atoms with van der Waals surface area (Å²) in [6.45, 7) is 0.562. The summed E-state index contributed by atoms with van der Waals surface area (Å²) in [6.07, 6.45) is 1.46. The molecule has 0 saturated carbocycles. The lowest BCUT2D eigenvalue weighted by atomic mass is 9.94. The number of halogens is 1. The number of carbonyl (C=O) groups excluding carboxylic acids is 2. The van der Waals surface area contributed by atoms with Gasteiger partial charge in [-0.05, 0) is 48.7 Å². The van der Waals surface area contributed by atoms with E-state index in [9.17, 15) is 9.59 Å². The average molecular weight is 442 g/mol. The van der Waals surface area contributed by atoms with Crippen LogP contribution in [-0.4, -0.2) is 23.3 Å². The van der Waals surface area contributed by atoms with Crippen molar-refractivity contribution in [1.29, 1.82) is 0 Å². The fourth-order valence-electron chi connectivity index (χ4n) is 4.37. The maximum Gasteiger partial charge on any atom is 0.259 e. The molecular weight excluding hydrogens is 422 g/mol. The van der Waals surface area contributed by atoms with Gasteiger partial charge in [0.25, 0.3) is 5.91 Å². The van der Waals surface area contributed by atoms with Crippen LogP contribution < -0.4 is 10.6 Å². The van der Waals surface area contributed by atoms with Gasteiger partial charge in [0.05, 0.1) is 16.8 Å². The molecule has 32 heavy (non-hydrogen) atoms. The van der Waals surface area contributed by atoms with Crippen molar-refractivity contribution < 1.29 is 9.59 Å². The molecule has 5 nitrogen and oxygen atoms in total. The molecular formula is C26H20ClN3O2. The Morgan fingerprint density at radius 3 is 2.53 bits per heavy atom. The molecule has 0 spiro atoms. The predicted octanol–water partition coefficient (Wildman–Crippen LogP) is 5.25. The minimum absolute atomic E-state index is 0.139. The van der Waals surface area contributed by atoms with Crippen LogP contribution in [0.15, 0.2) is 72.8 Å². The van der Waals surface area contributed by atoms with Crippen molar-refractivity contribution in [3.63, 3.8) is 0 Å². The number of rotatable bonds is 3. The van der Waals surface area contributed by atoms with E-state index in [0.29, 0.717) is 34.8 Å². The number of fused-ring (bicyclic) bond motifs is 2. The van der Waals surface area contributed by atoms with Crippen molar-refractivity contribution in [2.45, 2.75) is 12.8 Å². The van der Waals surface area contributed by atoms with E-state index in [4.69, 9.17) is 22.3 Å². The summed E-state index contributed by atoms with van der Waals surface area (Å²) in [5, 5.41) is 1.34. The van der Waals surface area contributed by atoms with Gasteiger partial charge in [-0.3, -0.25) is 9.59 Å². The van der Waals surface area contributed by atoms with Crippen molar-refractivity contribution in [2.24, 2.45) is 5.73 Å². The normalized spacial score (nSPS) is 13.1. The molecule has 1 aliphatic rings. The first-order valence-corrected chi connectivity index (χ1v) is 10.8. The third-order valence-electron chi connectivity index (χ3n) is 5.86. The highest BCUT2D eigenvalue weighted by molar-refractivity contribution is 6.33. The summed E-state index contributed by atoms with van der Waals surface area (Å²) in [6, 6.07) is 22.2. The summed E-state index contributed by atoms with van der Waals surface area (Å²) < 4.78 is 0. The quantitative estimate of drug-likeness (QED) is 0.472. The van der Waals surface area contributed by atoms with Crippen LogP contribution in [0.1, 0.15) is 32.7 Å². The average Bonchev–Trinajstić information content (AvgIpc) is 2.82. The van der Waals surface area contributed by atoms with E-state index in [1.165, 1.54) is 0 Å².